The summed E-state index contributed by atoms with van der Waals surface area (Å²) in [6.45, 7) is 1.05. The summed E-state index contributed by atoms with van der Waals surface area (Å²) < 4.78 is 15.6. The minimum atomic E-state index is -1.22. The van der Waals surface area contributed by atoms with E-state index in [-0.39, 0.29) is 50.7 Å². The van der Waals surface area contributed by atoms with Gasteiger partial charge in [-0.15, -0.1) is 0 Å². The molecule has 2 aliphatic heterocycles. The van der Waals surface area contributed by atoms with E-state index in [1.165, 1.54) is 34.0 Å². The van der Waals surface area contributed by atoms with E-state index in [2.05, 4.69) is 4.98 Å². The van der Waals surface area contributed by atoms with E-state index in [0.29, 0.717) is 17.8 Å². The Bertz CT molecular complexity index is 1560. The van der Waals surface area contributed by atoms with E-state index in [9.17, 15) is 29.0 Å². The number of likely N-dealkylation sites (tertiary alicyclic amines) is 1. The van der Waals surface area contributed by atoms with Crippen molar-refractivity contribution in [3.63, 3.8) is 0 Å². The molecule has 1 aromatic heterocycles. The monoisotopic (exact) mass is 589 g/mol. The molecule has 0 bridgehead atoms. The first-order chi connectivity index (χ1) is 20.7. The van der Waals surface area contributed by atoms with Crippen molar-refractivity contribution in [1.29, 1.82) is 0 Å². The van der Waals surface area contributed by atoms with Gasteiger partial charge in [-0.05, 0) is 37.0 Å². The molecule has 0 radical (unpaired) electrons. The number of amides is 3. The van der Waals surface area contributed by atoms with Gasteiger partial charge in [0.25, 0.3) is 5.56 Å². The van der Waals surface area contributed by atoms with E-state index < -0.39 is 29.0 Å². The lowest BCUT2D eigenvalue weighted by Crippen LogP contribution is -2.64. The lowest BCUT2D eigenvalue weighted by Gasteiger charge is -2.53. The number of aliphatic hydroxyl groups is 1. The van der Waals surface area contributed by atoms with E-state index in [0.717, 1.165) is 31.2 Å². The second-order valence-electron chi connectivity index (χ2n) is 12.1. The van der Waals surface area contributed by atoms with E-state index >= 15 is 0 Å². The van der Waals surface area contributed by atoms with Crippen LogP contribution in [0.15, 0.2) is 71.8 Å². The zero-order valence-corrected chi connectivity index (χ0v) is 23.9. The van der Waals surface area contributed by atoms with Gasteiger partial charge in [0.2, 0.25) is 0 Å². The van der Waals surface area contributed by atoms with Crippen LogP contribution in [-0.4, -0.2) is 84.9 Å². The number of urea groups is 1. The molecule has 2 saturated heterocycles. The quantitative estimate of drug-likeness (QED) is 0.471. The van der Waals surface area contributed by atoms with Crippen LogP contribution in [-0.2, 0) is 6.54 Å². The molecule has 3 amide bonds. The molecule has 43 heavy (non-hydrogen) atoms. The lowest BCUT2D eigenvalue weighted by molar-refractivity contribution is -0.137. The van der Waals surface area contributed by atoms with Crippen LogP contribution in [0.2, 0.25) is 0 Å². The fourth-order valence-electron chi connectivity index (χ4n) is 7.22. The molecule has 2 atom stereocenters. The summed E-state index contributed by atoms with van der Waals surface area (Å²) >= 11 is 0. The summed E-state index contributed by atoms with van der Waals surface area (Å²) in [6.07, 6.45) is 3.96. The normalized spacial score (nSPS) is 23.5. The number of carbonyl (C=O) groups excluding carboxylic acids is 1. The number of carbonyl (C=O) groups is 2. The van der Waals surface area contributed by atoms with Crippen LogP contribution in [0, 0.1) is 11.2 Å². The number of nitrogens with zero attached hydrogens (tertiary/aromatic N) is 5. The first-order valence-electron chi connectivity index (χ1n) is 14.8. The third kappa shape index (κ3) is 5.49. The Morgan fingerprint density at radius 2 is 1.72 bits per heavy atom. The van der Waals surface area contributed by atoms with Gasteiger partial charge in [-0.25, -0.2) is 19.0 Å². The molecule has 1 spiro atoms. The number of hydrogen-bond acceptors (Lipinski definition) is 5. The van der Waals surface area contributed by atoms with Gasteiger partial charge in [-0.1, -0.05) is 55.3 Å². The van der Waals surface area contributed by atoms with Gasteiger partial charge in [0.1, 0.15) is 5.82 Å². The molecule has 10 nitrogen and oxygen atoms in total. The van der Waals surface area contributed by atoms with E-state index in [1.54, 1.807) is 21.9 Å². The van der Waals surface area contributed by atoms with Crippen LogP contribution in [0.3, 0.4) is 0 Å². The van der Waals surface area contributed by atoms with Crippen LogP contribution in [0.5, 0.6) is 0 Å². The van der Waals surface area contributed by atoms with Gasteiger partial charge in [-0.3, -0.25) is 9.36 Å². The summed E-state index contributed by atoms with van der Waals surface area (Å²) in [4.78, 5) is 48.1. The average molecular weight is 590 g/mol. The van der Waals surface area contributed by atoms with Crippen molar-refractivity contribution in [3.05, 3.63) is 88.7 Å². The van der Waals surface area contributed by atoms with E-state index in [1.807, 2.05) is 30.3 Å². The Labute approximate surface area is 249 Å². The smallest absolute Gasteiger partial charge is 0.407 e. The Morgan fingerprint density at radius 1 is 0.953 bits per heavy atom. The van der Waals surface area contributed by atoms with Gasteiger partial charge >= 0.3 is 12.1 Å². The first-order valence-corrected chi connectivity index (χ1v) is 14.8. The van der Waals surface area contributed by atoms with Gasteiger partial charge in [0.05, 0.1) is 30.2 Å². The van der Waals surface area contributed by atoms with Crippen molar-refractivity contribution in [3.8, 4) is 11.3 Å². The Balaban J connectivity index is 1.24. The fourth-order valence-corrected chi connectivity index (χ4v) is 7.22. The minimum absolute atomic E-state index is 0.0440. The molecule has 3 aliphatic rings. The Morgan fingerprint density at radius 3 is 2.42 bits per heavy atom. The topological polar surface area (TPSA) is 119 Å². The average Bonchev–Trinajstić information content (AvgIpc) is 3.49. The van der Waals surface area contributed by atoms with Crippen LogP contribution in [0.25, 0.3) is 11.3 Å². The second kappa shape index (κ2) is 11.4. The number of benzene rings is 2. The van der Waals surface area contributed by atoms with Crippen LogP contribution in [0.4, 0.5) is 14.0 Å². The van der Waals surface area contributed by atoms with Crippen molar-refractivity contribution in [1.82, 2.24) is 24.3 Å². The summed E-state index contributed by atoms with van der Waals surface area (Å²) in [5.74, 6) is -0.452. The molecule has 3 heterocycles. The molecular weight excluding hydrogens is 553 g/mol. The molecule has 1 saturated carbocycles. The number of halogens is 1. The summed E-state index contributed by atoms with van der Waals surface area (Å²) in [5, 5.41) is 21.8. The third-order valence-electron chi connectivity index (χ3n) is 9.62. The molecule has 226 valence electrons. The SMILES string of the molecule is O=C(O)N1CCN(C(=O)N2CCC(O)(Cn3cnc(-c4ccccc4)cc3=O)C3(CCCC3)C2)C(c2cccc(F)c2)C1. The number of carboxylic acid groups (broad SMARTS) is 1. The van der Waals surface area contributed by atoms with Crippen LogP contribution >= 0.6 is 0 Å². The first kappa shape index (κ1) is 28.9. The van der Waals surface area contributed by atoms with Gasteiger partial charge in [-0.2, -0.15) is 0 Å². The molecule has 2 unspecified atom stereocenters. The molecule has 11 heteroatoms. The summed E-state index contributed by atoms with van der Waals surface area (Å²) in [6, 6.07) is 16.0. The van der Waals surface area contributed by atoms with Gasteiger partial charge < -0.3 is 24.9 Å². The zero-order valence-electron chi connectivity index (χ0n) is 23.9. The molecule has 2 aromatic carbocycles. The number of rotatable bonds is 4. The summed E-state index contributed by atoms with van der Waals surface area (Å²) in [5.41, 5.74) is -0.122. The highest BCUT2D eigenvalue weighted by atomic mass is 19.1. The van der Waals surface area contributed by atoms with Crippen molar-refractivity contribution in [2.75, 3.05) is 32.7 Å². The van der Waals surface area contributed by atoms with E-state index in [4.69, 9.17) is 0 Å². The van der Waals surface area contributed by atoms with Crippen LogP contribution in [0.1, 0.15) is 43.7 Å². The highest BCUT2D eigenvalue weighted by Gasteiger charge is 2.56. The predicted octanol–water partition coefficient (Wildman–Crippen LogP) is 4.20. The van der Waals surface area contributed by atoms with Crippen molar-refractivity contribution >= 4 is 12.1 Å². The minimum Gasteiger partial charge on any atom is -0.465 e. The third-order valence-corrected chi connectivity index (χ3v) is 9.62. The molecular formula is C32H36FN5O5. The van der Waals surface area contributed by atoms with Crippen molar-refractivity contribution < 1.29 is 24.2 Å². The largest absolute Gasteiger partial charge is 0.465 e. The van der Waals surface area contributed by atoms with Crippen LogP contribution < -0.4 is 5.56 Å². The van der Waals surface area contributed by atoms with Crippen molar-refractivity contribution in [2.24, 2.45) is 5.41 Å². The van der Waals surface area contributed by atoms with Gasteiger partial charge in [0.15, 0.2) is 0 Å². The lowest BCUT2D eigenvalue weighted by atomic mass is 9.66. The highest BCUT2D eigenvalue weighted by Crippen LogP contribution is 2.52. The zero-order chi connectivity index (χ0) is 30.2. The Hall–Kier alpha value is -4.25. The molecule has 3 fully saturated rings. The molecule has 3 aromatic rings. The summed E-state index contributed by atoms with van der Waals surface area (Å²) in [7, 11) is 0. The number of hydrogen-bond donors (Lipinski definition) is 2. The standard InChI is InChI=1S/C32H36FN5O5/c33-25-10-6-9-24(17-25)27-19-35(30(41)42)15-16-38(27)29(40)36-14-13-32(43,31(20-36)11-4-5-12-31)21-37-22-34-26(18-28(37)39)23-7-2-1-3-8-23/h1-3,6-10,17-18,22,27,43H,4-5,11-16,19-21H2,(H,41,42). The molecule has 2 N–H and O–H groups in total. The van der Waals surface area contributed by atoms with Gasteiger partial charge in [0, 0.05) is 49.8 Å². The number of piperazine rings is 1. The number of piperidine rings is 1. The second-order valence-corrected chi connectivity index (χ2v) is 12.1. The molecule has 6 rings (SSSR count). The maximum absolute atomic E-state index is 14.2. The predicted molar refractivity (Wildman–Crippen MR) is 157 cm³/mol. The van der Waals surface area contributed by atoms with Crippen molar-refractivity contribution in [2.45, 2.75) is 50.3 Å². The fraction of sp³-hybridized carbons (Fsp3) is 0.438. The maximum atomic E-state index is 14.2. The number of aromatic nitrogens is 2. The maximum Gasteiger partial charge on any atom is 0.407 e. The Kier molecular flexibility index (Phi) is 7.68. The molecule has 1 aliphatic carbocycles. The highest BCUT2D eigenvalue weighted by molar-refractivity contribution is 5.76.